The summed E-state index contributed by atoms with van der Waals surface area (Å²) in [4.78, 5) is 104. The molecule has 4 aliphatic heterocycles. The minimum atomic E-state index is -0.286. The molecule has 0 spiro atoms. The number of ketones is 4. The first-order chi connectivity index (χ1) is 23.1. The van der Waals surface area contributed by atoms with Crippen molar-refractivity contribution in [1.82, 2.24) is 19.9 Å². The van der Waals surface area contributed by atoms with E-state index < -0.39 is 0 Å². The summed E-state index contributed by atoms with van der Waals surface area (Å²) >= 11 is 0. The van der Waals surface area contributed by atoms with Crippen LogP contribution < -0.4 is 21.3 Å². The molecule has 8 rings (SSSR count). The maximum atomic E-state index is 11.2. The van der Waals surface area contributed by atoms with Gasteiger partial charge in [0.1, 0.15) is 11.5 Å². The standard InChI is InChI=1S/4C8H6N2O2/c11-7-3-8(12)10-6-1-2-9-4-5(6)7;11-7-3-8(12)10-6-4-9-2-1-5(6)7;11-6-4-7(12)10-5-2-1-3-9-8(5)6;11-6-4-7(12)10-8-5(6)2-1-3-9-8/h2*1-2,4H,3H2,(H,10,12);1-3H,4H2,(H,10,12);1-3H,4H2,(H,9,10,12). The number of amides is 4. The van der Waals surface area contributed by atoms with Crippen LogP contribution in [-0.2, 0) is 19.2 Å². The number of anilines is 4. The summed E-state index contributed by atoms with van der Waals surface area (Å²) in [6.45, 7) is 0. The molecular formula is C32H24N8O8. The second kappa shape index (κ2) is 14.5. The summed E-state index contributed by atoms with van der Waals surface area (Å²) in [5.41, 5.74) is 3.49. The number of hydrogen-bond acceptors (Lipinski definition) is 12. The summed E-state index contributed by atoms with van der Waals surface area (Å²) in [6.07, 6.45) is 8.80. The van der Waals surface area contributed by atoms with Gasteiger partial charge in [0.2, 0.25) is 23.6 Å². The van der Waals surface area contributed by atoms with Crippen LogP contribution >= 0.6 is 0 Å². The lowest BCUT2D eigenvalue weighted by Gasteiger charge is -2.13. The van der Waals surface area contributed by atoms with Crippen LogP contribution in [0.3, 0.4) is 0 Å². The molecule has 4 N–H and O–H groups in total. The van der Waals surface area contributed by atoms with E-state index in [1.165, 1.54) is 37.2 Å². The molecule has 4 aromatic rings. The lowest BCUT2D eigenvalue weighted by molar-refractivity contribution is -0.116. The number of carbonyl (C=O) groups is 8. The number of Topliss-reactive ketones (excluding diaryl/α,β-unsaturated/α-hetero) is 4. The zero-order chi connectivity index (χ0) is 34.2. The highest BCUT2D eigenvalue weighted by Crippen LogP contribution is 2.22. The topological polar surface area (TPSA) is 236 Å². The van der Waals surface area contributed by atoms with Crippen LogP contribution in [0.1, 0.15) is 67.2 Å². The maximum absolute atomic E-state index is 11.2. The molecule has 4 aliphatic rings. The van der Waals surface area contributed by atoms with E-state index in [0.29, 0.717) is 45.3 Å². The smallest absolute Gasteiger partial charge is 0.233 e. The van der Waals surface area contributed by atoms with E-state index in [9.17, 15) is 38.4 Å². The quantitative estimate of drug-likeness (QED) is 0.201. The Morgan fingerprint density at radius 1 is 0.438 bits per heavy atom. The summed E-state index contributed by atoms with van der Waals surface area (Å²) < 4.78 is 0. The lowest BCUT2D eigenvalue weighted by Crippen LogP contribution is -2.24. The minimum absolute atomic E-state index is 0.0585. The number of aromatic nitrogens is 4. The molecule has 4 aromatic heterocycles. The molecule has 16 heteroatoms. The first kappa shape index (κ1) is 32.6. The Hall–Kier alpha value is -6.84. The van der Waals surface area contributed by atoms with Gasteiger partial charge in [0.25, 0.3) is 0 Å². The van der Waals surface area contributed by atoms with Crippen molar-refractivity contribution >= 4 is 69.6 Å². The van der Waals surface area contributed by atoms with Crippen molar-refractivity contribution < 1.29 is 38.4 Å². The number of fused-ring (bicyclic) bond motifs is 4. The van der Waals surface area contributed by atoms with Gasteiger partial charge in [-0.1, -0.05) is 0 Å². The Bertz CT molecular complexity index is 1730. The van der Waals surface area contributed by atoms with E-state index in [0.717, 1.165) is 0 Å². The summed E-state index contributed by atoms with van der Waals surface area (Å²) in [6, 6.07) is 9.90. The first-order valence-corrected chi connectivity index (χ1v) is 14.2. The molecule has 0 bridgehead atoms. The molecule has 0 atom stereocenters. The fraction of sp³-hybridized carbons (Fsp3) is 0.125. The number of hydrogen-bond donors (Lipinski definition) is 4. The normalized spacial score (nSPS) is 15.3. The van der Waals surface area contributed by atoms with Crippen molar-refractivity contribution in [3.05, 3.63) is 96.0 Å². The van der Waals surface area contributed by atoms with Gasteiger partial charge in [-0.3, -0.25) is 53.3 Å². The third kappa shape index (κ3) is 7.86. The van der Waals surface area contributed by atoms with Gasteiger partial charge in [-0.2, -0.15) is 0 Å². The van der Waals surface area contributed by atoms with Crippen molar-refractivity contribution in [2.45, 2.75) is 25.7 Å². The first-order valence-electron chi connectivity index (χ1n) is 14.2. The molecule has 4 amide bonds. The second-order valence-corrected chi connectivity index (χ2v) is 10.2. The van der Waals surface area contributed by atoms with E-state index >= 15 is 0 Å². The molecule has 0 radical (unpaired) electrons. The van der Waals surface area contributed by atoms with Crippen molar-refractivity contribution in [3.63, 3.8) is 0 Å². The van der Waals surface area contributed by atoms with Crippen LogP contribution in [0.4, 0.5) is 22.9 Å². The van der Waals surface area contributed by atoms with Gasteiger partial charge >= 0.3 is 0 Å². The number of rotatable bonds is 0. The molecule has 0 saturated carbocycles. The monoisotopic (exact) mass is 648 g/mol. The van der Waals surface area contributed by atoms with E-state index in [1.54, 1.807) is 36.4 Å². The lowest BCUT2D eigenvalue weighted by atomic mass is 10.0. The fourth-order valence-corrected chi connectivity index (χ4v) is 4.63. The number of pyridine rings is 4. The van der Waals surface area contributed by atoms with Gasteiger partial charge in [0, 0.05) is 36.5 Å². The van der Waals surface area contributed by atoms with Crippen LogP contribution in [0.25, 0.3) is 0 Å². The maximum Gasteiger partial charge on any atom is 0.233 e. The van der Waals surface area contributed by atoms with Crippen molar-refractivity contribution in [2.24, 2.45) is 0 Å². The van der Waals surface area contributed by atoms with Crippen molar-refractivity contribution in [1.29, 1.82) is 0 Å². The highest BCUT2D eigenvalue weighted by Gasteiger charge is 2.24. The fourth-order valence-electron chi connectivity index (χ4n) is 4.63. The summed E-state index contributed by atoms with van der Waals surface area (Å²) in [5, 5.41) is 10.2. The van der Waals surface area contributed by atoms with E-state index in [4.69, 9.17) is 0 Å². The molecule has 0 unspecified atom stereocenters. The van der Waals surface area contributed by atoms with Gasteiger partial charge in [-0.25, -0.2) is 4.98 Å². The number of carbonyl (C=O) groups excluding carboxylic acids is 8. The average Bonchev–Trinajstić information content (AvgIpc) is 3.05. The Kier molecular flexibility index (Phi) is 9.84. The van der Waals surface area contributed by atoms with Crippen molar-refractivity contribution in [3.8, 4) is 0 Å². The molecule has 0 aromatic carbocycles. The SMILES string of the molecule is O=C1CC(=O)c2cccnc2N1.O=C1CC(=O)c2ccncc2N1.O=C1CC(=O)c2cnccc2N1.O=C1CC(=O)c2ncccc2N1. The molecule has 8 heterocycles. The molecule has 16 nitrogen and oxygen atoms in total. The molecule has 0 fully saturated rings. The number of nitrogens with one attached hydrogen (secondary N) is 4. The zero-order valence-electron chi connectivity index (χ0n) is 24.8. The molecule has 0 saturated heterocycles. The number of nitrogens with zero attached hydrogens (tertiary/aromatic N) is 4. The van der Waals surface area contributed by atoms with E-state index in [1.807, 2.05) is 0 Å². The Morgan fingerprint density at radius 3 is 1.73 bits per heavy atom. The summed E-state index contributed by atoms with van der Waals surface area (Å²) in [7, 11) is 0. The van der Waals surface area contributed by atoms with Gasteiger partial charge in [0.15, 0.2) is 23.1 Å². The van der Waals surface area contributed by atoms with Crippen LogP contribution in [0.15, 0.2) is 73.6 Å². The minimum Gasteiger partial charge on any atom is -0.325 e. The van der Waals surface area contributed by atoms with Crippen LogP contribution in [-0.4, -0.2) is 66.7 Å². The summed E-state index contributed by atoms with van der Waals surface area (Å²) in [5.74, 6) is -1.38. The van der Waals surface area contributed by atoms with Crippen LogP contribution in [0.5, 0.6) is 0 Å². The Morgan fingerprint density at radius 2 is 0.979 bits per heavy atom. The highest BCUT2D eigenvalue weighted by molar-refractivity contribution is 6.20. The zero-order valence-corrected chi connectivity index (χ0v) is 24.8. The molecular weight excluding hydrogens is 624 g/mol. The van der Waals surface area contributed by atoms with Gasteiger partial charge < -0.3 is 21.3 Å². The second-order valence-electron chi connectivity index (χ2n) is 10.2. The van der Waals surface area contributed by atoms with Gasteiger partial charge in [-0.05, 0) is 36.4 Å². The third-order valence-corrected chi connectivity index (χ3v) is 6.79. The van der Waals surface area contributed by atoms with Crippen molar-refractivity contribution in [2.75, 3.05) is 21.3 Å². The van der Waals surface area contributed by atoms with E-state index in [-0.39, 0.29) is 72.4 Å². The highest BCUT2D eigenvalue weighted by atomic mass is 16.2. The molecule has 240 valence electrons. The van der Waals surface area contributed by atoms with Crippen LogP contribution in [0.2, 0.25) is 0 Å². The van der Waals surface area contributed by atoms with Gasteiger partial charge in [0.05, 0.1) is 60.1 Å². The average molecular weight is 649 g/mol. The largest absolute Gasteiger partial charge is 0.325 e. The third-order valence-electron chi connectivity index (χ3n) is 6.79. The Labute approximate surface area is 270 Å². The van der Waals surface area contributed by atoms with Crippen LogP contribution in [0, 0.1) is 0 Å². The predicted molar refractivity (Wildman–Crippen MR) is 167 cm³/mol. The molecule has 48 heavy (non-hydrogen) atoms. The molecule has 0 aliphatic carbocycles. The van der Waals surface area contributed by atoms with E-state index in [2.05, 4.69) is 41.2 Å². The Balaban J connectivity index is 0.000000125. The predicted octanol–water partition coefficient (Wildman–Crippen LogP) is 2.43. The van der Waals surface area contributed by atoms with Gasteiger partial charge in [-0.15, -0.1) is 0 Å².